The molecule has 3 rings (SSSR count). The van der Waals surface area contributed by atoms with Gasteiger partial charge in [0.25, 0.3) is 0 Å². The predicted octanol–water partition coefficient (Wildman–Crippen LogP) is 3.59. The summed E-state index contributed by atoms with van der Waals surface area (Å²) in [5.41, 5.74) is 1.24. The molecule has 136 valence electrons. The number of piperidine rings is 1. The number of likely N-dealkylation sites (tertiary alicyclic amines) is 1. The highest BCUT2D eigenvalue weighted by Gasteiger charge is 2.34. The number of carbonyl (C=O) groups is 2. The third-order valence-corrected chi connectivity index (χ3v) is 4.21. The van der Waals surface area contributed by atoms with E-state index in [2.05, 4.69) is 0 Å². The molecule has 0 aliphatic carbocycles. The van der Waals surface area contributed by atoms with Gasteiger partial charge in [-0.25, -0.2) is 14.0 Å². The lowest BCUT2D eigenvalue weighted by Gasteiger charge is -2.33. The Hall–Kier alpha value is -2.89. The number of amides is 1. The van der Waals surface area contributed by atoms with E-state index in [1.54, 1.807) is 30.3 Å². The summed E-state index contributed by atoms with van der Waals surface area (Å²) in [6, 6.07) is 17.7. The van der Waals surface area contributed by atoms with E-state index in [1.165, 1.54) is 4.90 Å². The molecule has 1 saturated heterocycles. The molecule has 1 fully saturated rings. The monoisotopic (exact) mass is 357 g/mol. The average Bonchev–Trinajstić information content (AvgIpc) is 2.69. The fourth-order valence-electron chi connectivity index (χ4n) is 2.77. The van der Waals surface area contributed by atoms with Crippen molar-refractivity contribution in [2.24, 2.45) is 0 Å². The van der Waals surface area contributed by atoms with Crippen LogP contribution in [0, 0.1) is 0 Å². The third-order valence-electron chi connectivity index (χ3n) is 4.21. The topological polar surface area (TPSA) is 55.8 Å². The zero-order chi connectivity index (χ0) is 18.4. The molecular formula is C20H20FNO4. The Balaban J connectivity index is 1.48. The van der Waals surface area contributed by atoms with Gasteiger partial charge in [0.05, 0.1) is 12.1 Å². The molecule has 6 heteroatoms. The number of rotatable bonds is 4. The van der Waals surface area contributed by atoms with E-state index in [1.807, 2.05) is 30.3 Å². The van der Waals surface area contributed by atoms with Crippen molar-refractivity contribution >= 4 is 12.1 Å². The fourth-order valence-corrected chi connectivity index (χ4v) is 2.77. The Morgan fingerprint density at radius 2 is 1.69 bits per heavy atom. The maximum Gasteiger partial charge on any atom is 0.410 e. The number of esters is 1. The van der Waals surface area contributed by atoms with Crippen molar-refractivity contribution in [3.63, 3.8) is 0 Å². The van der Waals surface area contributed by atoms with Crippen LogP contribution >= 0.6 is 0 Å². The van der Waals surface area contributed by atoms with Gasteiger partial charge in [-0.1, -0.05) is 48.5 Å². The Kier molecular flexibility index (Phi) is 5.84. The van der Waals surface area contributed by atoms with Crippen molar-refractivity contribution in [1.29, 1.82) is 0 Å². The second kappa shape index (κ2) is 8.47. The van der Waals surface area contributed by atoms with Crippen LogP contribution in [0.25, 0.3) is 0 Å². The number of halogens is 1. The van der Waals surface area contributed by atoms with Crippen LogP contribution in [0.1, 0.15) is 22.3 Å². The van der Waals surface area contributed by atoms with E-state index in [0.29, 0.717) is 5.56 Å². The van der Waals surface area contributed by atoms with E-state index >= 15 is 0 Å². The standard InChI is InChI=1S/C20H20FNO4/c21-17-13-22(20(24)25-14-15-7-3-1-4-8-15)12-11-18(17)26-19(23)16-9-5-2-6-10-16/h1-10,17-18H,11-14H2/t17-,18-/m1/s1. The lowest BCUT2D eigenvalue weighted by molar-refractivity contribution is -0.0252. The highest BCUT2D eigenvalue weighted by Crippen LogP contribution is 2.20. The number of hydrogen-bond donors (Lipinski definition) is 0. The van der Waals surface area contributed by atoms with Gasteiger partial charge in [-0.05, 0) is 17.7 Å². The summed E-state index contributed by atoms with van der Waals surface area (Å²) in [5, 5.41) is 0. The second-order valence-corrected chi connectivity index (χ2v) is 6.10. The number of alkyl halides is 1. The summed E-state index contributed by atoms with van der Waals surface area (Å²) in [5.74, 6) is -0.557. The molecular weight excluding hydrogens is 337 g/mol. The fraction of sp³-hybridized carbons (Fsp3) is 0.300. The summed E-state index contributed by atoms with van der Waals surface area (Å²) in [7, 11) is 0. The minimum atomic E-state index is -1.44. The van der Waals surface area contributed by atoms with E-state index in [9.17, 15) is 14.0 Å². The van der Waals surface area contributed by atoms with Gasteiger partial charge in [0, 0.05) is 13.0 Å². The summed E-state index contributed by atoms with van der Waals surface area (Å²) in [4.78, 5) is 25.4. The largest absolute Gasteiger partial charge is 0.456 e. The van der Waals surface area contributed by atoms with Crippen molar-refractivity contribution in [3.8, 4) is 0 Å². The molecule has 1 amide bonds. The van der Waals surface area contributed by atoms with Crippen molar-refractivity contribution in [3.05, 3.63) is 71.8 Å². The molecule has 0 saturated carbocycles. The molecule has 26 heavy (non-hydrogen) atoms. The van der Waals surface area contributed by atoms with Gasteiger partial charge in [-0.15, -0.1) is 0 Å². The van der Waals surface area contributed by atoms with Crippen LogP contribution in [0.15, 0.2) is 60.7 Å². The van der Waals surface area contributed by atoms with Gasteiger partial charge < -0.3 is 14.4 Å². The highest BCUT2D eigenvalue weighted by molar-refractivity contribution is 5.89. The van der Waals surface area contributed by atoms with Gasteiger partial charge in [-0.3, -0.25) is 0 Å². The molecule has 0 radical (unpaired) electrons. The van der Waals surface area contributed by atoms with Gasteiger partial charge in [0.1, 0.15) is 12.7 Å². The number of benzene rings is 2. The molecule has 0 aromatic heterocycles. The number of carbonyl (C=O) groups excluding carboxylic acids is 2. The van der Waals surface area contributed by atoms with Crippen LogP contribution in [-0.2, 0) is 16.1 Å². The maximum atomic E-state index is 14.4. The first-order valence-electron chi connectivity index (χ1n) is 8.49. The Morgan fingerprint density at radius 3 is 2.35 bits per heavy atom. The highest BCUT2D eigenvalue weighted by atomic mass is 19.1. The van der Waals surface area contributed by atoms with Gasteiger partial charge >= 0.3 is 12.1 Å². The van der Waals surface area contributed by atoms with Crippen molar-refractivity contribution in [1.82, 2.24) is 4.90 Å². The van der Waals surface area contributed by atoms with Crippen LogP contribution in [0.5, 0.6) is 0 Å². The average molecular weight is 357 g/mol. The lowest BCUT2D eigenvalue weighted by Crippen LogP contribution is -2.48. The molecule has 2 aromatic rings. The summed E-state index contributed by atoms with van der Waals surface area (Å²) in [6.07, 6.45) is -2.63. The second-order valence-electron chi connectivity index (χ2n) is 6.10. The minimum absolute atomic E-state index is 0.138. The quantitative estimate of drug-likeness (QED) is 0.785. The molecule has 0 unspecified atom stereocenters. The smallest absolute Gasteiger partial charge is 0.410 e. The van der Waals surface area contributed by atoms with Crippen molar-refractivity contribution in [2.45, 2.75) is 25.3 Å². The molecule has 5 nitrogen and oxygen atoms in total. The Bertz CT molecular complexity index is 738. The van der Waals surface area contributed by atoms with Crippen LogP contribution in [0.4, 0.5) is 9.18 Å². The maximum absolute atomic E-state index is 14.4. The summed E-state index contributed by atoms with van der Waals surface area (Å²) >= 11 is 0. The first-order valence-corrected chi connectivity index (χ1v) is 8.49. The van der Waals surface area contributed by atoms with Gasteiger partial charge in [-0.2, -0.15) is 0 Å². The van der Waals surface area contributed by atoms with Crippen LogP contribution < -0.4 is 0 Å². The Labute approximate surface area is 151 Å². The van der Waals surface area contributed by atoms with E-state index in [4.69, 9.17) is 9.47 Å². The number of ether oxygens (including phenoxy) is 2. The molecule has 1 aliphatic rings. The lowest BCUT2D eigenvalue weighted by atomic mass is 10.1. The van der Waals surface area contributed by atoms with E-state index in [-0.39, 0.29) is 26.1 Å². The zero-order valence-corrected chi connectivity index (χ0v) is 14.2. The molecule has 0 spiro atoms. The molecule has 0 N–H and O–H groups in total. The van der Waals surface area contributed by atoms with Crippen LogP contribution in [-0.4, -0.2) is 42.3 Å². The van der Waals surface area contributed by atoms with Crippen LogP contribution in [0.2, 0.25) is 0 Å². The molecule has 1 aliphatic heterocycles. The van der Waals surface area contributed by atoms with Crippen LogP contribution in [0.3, 0.4) is 0 Å². The number of nitrogens with zero attached hydrogens (tertiary/aromatic N) is 1. The minimum Gasteiger partial charge on any atom is -0.456 e. The zero-order valence-electron chi connectivity index (χ0n) is 14.2. The number of hydrogen-bond acceptors (Lipinski definition) is 4. The first kappa shape index (κ1) is 17.9. The molecule has 1 heterocycles. The summed E-state index contributed by atoms with van der Waals surface area (Å²) in [6.45, 7) is 0.265. The van der Waals surface area contributed by atoms with Crippen molar-refractivity contribution < 1.29 is 23.5 Å². The third kappa shape index (κ3) is 4.59. The van der Waals surface area contributed by atoms with Crippen molar-refractivity contribution in [2.75, 3.05) is 13.1 Å². The SMILES string of the molecule is O=C(O[C@@H]1CCN(C(=O)OCc2ccccc2)C[C@H]1F)c1ccccc1. The summed E-state index contributed by atoms with van der Waals surface area (Å²) < 4.78 is 24.8. The first-order chi connectivity index (χ1) is 12.6. The van der Waals surface area contributed by atoms with E-state index in [0.717, 1.165) is 5.56 Å². The molecule has 0 bridgehead atoms. The molecule has 2 aromatic carbocycles. The predicted molar refractivity (Wildman–Crippen MR) is 93.4 cm³/mol. The van der Waals surface area contributed by atoms with Gasteiger partial charge in [0.15, 0.2) is 6.17 Å². The van der Waals surface area contributed by atoms with E-state index < -0.39 is 24.3 Å². The Morgan fingerprint density at radius 1 is 1.04 bits per heavy atom. The van der Waals surface area contributed by atoms with Gasteiger partial charge in [0.2, 0.25) is 0 Å². The normalized spacial score (nSPS) is 19.7. The molecule has 2 atom stereocenters.